The standard InChI is InChI=1S/C20H21N5O3/c26-11-17-9-25(10-18(17)12-27)20(28)16-7-3-14(4-8-16)13-1-5-15(6-2-13)19-21-23-24-22-19/h1-8,17-18,26-27H,9-12H2,(H,21,22,23,24)/t17-,18-/m0/s1. The summed E-state index contributed by atoms with van der Waals surface area (Å²) in [5.74, 6) is 0.339. The van der Waals surface area contributed by atoms with E-state index in [9.17, 15) is 15.0 Å². The zero-order valence-electron chi connectivity index (χ0n) is 15.2. The van der Waals surface area contributed by atoms with Crippen molar-refractivity contribution in [1.82, 2.24) is 25.5 Å². The maximum absolute atomic E-state index is 12.7. The minimum absolute atomic E-state index is 0.0200. The molecule has 0 aliphatic carbocycles. The number of H-pyrrole nitrogens is 1. The van der Waals surface area contributed by atoms with Crippen LogP contribution in [0.3, 0.4) is 0 Å². The van der Waals surface area contributed by atoms with E-state index in [1.165, 1.54) is 0 Å². The zero-order chi connectivity index (χ0) is 19.5. The molecule has 144 valence electrons. The zero-order valence-corrected chi connectivity index (χ0v) is 15.2. The van der Waals surface area contributed by atoms with E-state index in [1.54, 1.807) is 4.90 Å². The second kappa shape index (κ2) is 7.87. The van der Waals surface area contributed by atoms with Crippen LogP contribution in [0.5, 0.6) is 0 Å². The number of carbonyl (C=O) groups excluding carboxylic acids is 1. The highest BCUT2D eigenvalue weighted by Gasteiger charge is 2.34. The molecule has 2 atom stereocenters. The van der Waals surface area contributed by atoms with Gasteiger partial charge >= 0.3 is 0 Å². The van der Waals surface area contributed by atoms with Gasteiger partial charge in [0.15, 0.2) is 0 Å². The highest BCUT2D eigenvalue weighted by Crippen LogP contribution is 2.26. The van der Waals surface area contributed by atoms with E-state index in [0.29, 0.717) is 24.5 Å². The summed E-state index contributed by atoms with van der Waals surface area (Å²) in [6, 6.07) is 15.2. The molecule has 8 heteroatoms. The number of tetrazole rings is 1. The van der Waals surface area contributed by atoms with Gasteiger partial charge in [0.05, 0.1) is 0 Å². The van der Waals surface area contributed by atoms with Gasteiger partial charge in [0.25, 0.3) is 5.91 Å². The Balaban J connectivity index is 1.47. The first-order chi connectivity index (χ1) is 13.7. The molecule has 1 saturated heterocycles. The van der Waals surface area contributed by atoms with Gasteiger partial charge in [-0.25, -0.2) is 0 Å². The van der Waals surface area contributed by atoms with E-state index in [-0.39, 0.29) is 31.0 Å². The molecule has 8 nitrogen and oxygen atoms in total. The molecule has 3 N–H and O–H groups in total. The second-order valence-electron chi connectivity index (χ2n) is 6.99. The second-order valence-corrected chi connectivity index (χ2v) is 6.99. The maximum atomic E-state index is 12.7. The molecule has 0 radical (unpaired) electrons. The Morgan fingerprint density at radius 2 is 1.46 bits per heavy atom. The number of aromatic amines is 1. The number of aromatic nitrogens is 4. The van der Waals surface area contributed by atoms with E-state index in [1.807, 2.05) is 48.5 Å². The van der Waals surface area contributed by atoms with Gasteiger partial charge in [-0.3, -0.25) is 4.79 Å². The van der Waals surface area contributed by atoms with Crippen molar-refractivity contribution in [2.75, 3.05) is 26.3 Å². The first kappa shape index (κ1) is 18.3. The Morgan fingerprint density at radius 3 is 1.96 bits per heavy atom. The molecule has 3 aromatic rings. The largest absolute Gasteiger partial charge is 0.396 e. The van der Waals surface area contributed by atoms with Gasteiger partial charge in [-0.1, -0.05) is 36.4 Å². The number of aliphatic hydroxyl groups excluding tert-OH is 2. The number of amides is 1. The number of nitrogens with one attached hydrogen (secondary N) is 1. The van der Waals surface area contributed by atoms with Crippen molar-refractivity contribution < 1.29 is 15.0 Å². The predicted molar refractivity (Wildman–Crippen MR) is 102 cm³/mol. The normalized spacial score (nSPS) is 19.1. The summed E-state index contributed by atoms with van der Waals surface area (Å²) in [7, 11) is 0. The monoisotopic (exact) mass is 379 g/mol. The molecule has 2 heterocycles. The SMILES string of the molecule is O=C(c1ccc(-c2ccc(-c3nn[nH]n3)cc2)cc1)N1C[C@@H](CO)[C@H](CO)C1. The summed E-state index contributed by atoms with van der Waals surface area (Å²) in [5.41, 5.74) is 3.49. The number of nitrogens with zero attached hydrogens (tertiary/aromatic N) is 4. The van der Waals surface area contributed by atoms with E-state index in [0.717, 1.165) is 16.7 Å². The maximum Gasteiger partial charge on any atom is 0.253 e. The van der Waals surface area contributed by atoms with Gasteiger partial charge in [0.1, 0.15) is 0 Å². The Labute approximate surface area is 161 Å². The lowest BCUT2D eigenvalue weighted by molar-refractivity contribution is 0.0778. The summed E-state index contributed by atoms with van der Waals surface area (Å²) >= 11 is 0. The van der Waals surface area contributed by atoms with Crippen LogP contribution in [0.25, 0.3) is 22.5 Å². The third kappa shape index (κ3) is 3.51. The molecule has 0 unspecified atom stereocenters. The van der Waals surface area contributed by atoms with Crippen molar-refractivity contribution in [3.63, 3.8) is 0 Å². The quantitative estimate of drug-likeness (QED) is 0.614. The Morgan fingerprint density at radius 1 is 0.929 bits per heavy atom. The molecule has 1 fully saturated rings. The van der Waals surface area contributed by atoms with Crippen molar-refractivity contribution in [3.05, 3.63) is 54.1 Å². The van der Waals surface area contributed by atoms with Gasteiger partial charge in [-0.2, -0.15) is 5.21 Å². The van der Waals surface area contributed by atoms with E-state index >= 15 is 0 Å². The number of aliphatic hydroxyl groups is 2. The van der Waals surface area contributed by atoms with Crippen LogP contribution in [0.4, 0.5) is 0 Å². The van der Waals surface area contributed by atoms with Crippen LogP contribution < -0.4 is 0 Å². The van der Waals surface area contributed by atoms with Crippen molar-refractivity contribution in [1.29, 1.82) is 0 Å². The molecule has 1 amide bonds. The highest BCUT2D eigenvalue weighted by atomic mass is 16.3. The lowest BCUT2D eigenvalue weighted by Gasteiger charge is -2.16. The fourth-order valence-corrected chi connectivity index (χ4v) is 3.60. The molecule has 2 aromatic carbocycles. The topological polar surface area (TPSA) is 115 Å². The summed E-state index contributed by atoms with van der Waals surface area (Å²) < 4.78 is 0. The number of hydrogen-bond donors (Lipinski definition) is 3. The Hall–Kier alpha value is -3.10. The van der Waals surface area contributed by atoms with Crippen molar-refractivity contribution in [2.24, 2.45) is 11.8 Å². The third-order valence-corrected chi connectivity index (χ3v) is 5.29. The van der Waals surface area contributed by atoms with Gasteiger partial charge < -0.3 is 15.1 Å². The van der Waals surface area contributed by atoms with Crippen LogP contribution in [0.1, 0.15) is 10.4 Å². The third-order valence-electron chi connectivity index (χ3n) is 5.29. The lowest BCUT2D eigenvalue weighted by atomic mass is 9.98. The molecule has 1 aromatic heterocycles. The summed E-state index contributed by atoms with van der Waals surface area (Å²) in [6.45, 7) is 0.904. The number of rotatable bonds is 5. The predicted octanol–water partition coefficient (Wildman–Crippen LogP) is 1.21. The van der Waals surface area contributed by atoms with Crippen LogP contribution >= 0.6 is 0 Å². The Kier molecular flexibility index (Phi) is 5.14. The van der Waals surface area contributed by atoms with Crippen LogP contribution in [-0.2, 0) is 0 Å². The van der Waals surface area contributed by atoms with Crippen LogP contribution in [0, 0.1) is 11.8 Å². The first-order valence-corrected chi connectivity index (χ1v) is 9.15. The van der Waals surface area contributed by atoms with Gasteiger partial charge in [0, 0.05) is 49.3 Å². The van der Waals surface area contributed by atoms with Crippen molar-refractivity contribution in [2.45, 2.75) is 0 Å². The van der Waals surface area contributed by atoms with Crippen LogP contribution in [0.15, 0.2) is 48.5 Å². The van der Waals surface area contributed by atoms with Crippen molar-refractivity contribution in [3.8, 4) is 22.5 Å². The van der Waals surface area contributed by atoms with Gasteiger partial charge in [-0.15, -0.1) is 10.2 Å². The minimum Gasteiger partial charge on any atom is -0.396 e. The van der Waals surface area contributed by atoms with E-state index in [2.05, 4.69) is 20.6 Å². The smallest absolute Gasteiger partial charge is 0.253 e. The molecular weight excluding hydrogens is 358 g/mol. The average molecular weight is 379 g/mol. The minimum atomic E-state index is -0.0756. The fourth-order valence-electron chi connectivity index (χ4n) is 3.60. The summed E-state index contributed by atoms with van der Waals surface area (Å²) in [4.78, 5) is 14.4. The lowest BCUT2D eigenvalue weighted by Crippen LogP contribution is -2.29. The molecular formula is C20H21N5O3. The summed E-state index contributed by atoms with van der Waals surface area (Å²) in [6.07, 6.45) is 0. The summed E-state index contributed by atoms with van der Waals surface area (Å²) in [5, 5.41) is 32.7. The van der Waals surface area contributed by atoms with Gasteiger partial charge in [0.2, 0.25) is 5.82 Å². The van der Waals surface area contributed by atoms with E-state index < -0.39 is 0 Å². The molecule has 0 spiro atoms. The van der Waals surface area contributed by atoms with Crippen LogP contribution in [0.2, 0.25) is 0 Å². The van der Waals surface area contributed by atoms with Crippen molar-refractivity contribution >= 4 is 5.91 Å². The average Bonchev–Trinajstić information content (AvgIpc) is 3.43. The molecule has 28 heavy (non-hydrogen) atoms. The molecule has 0 bridgehead atoms. The first-order valence-electron chi connectivity index (χ1n) is 9.15. The van der Waals surface area contributed by atoms with Crippen LogP contribution in [-0.4, -0.2) is 67.9 Å². The highest BCUT2D eigenvalue weighted by molar-refractivity contribution is 5.95. The number of likely N-dealkylation sites (tertiary alicyclic amines) is 1. The fraction of sp³-hybridized carbons (Fsp3) is 0.300. The van der Waals surface area contributed by atoms with E-state index in [4.69, 9.17) is 0 Å². The van der Waals surface area contributed by atoms with Gasteiger partial charge in [-0.05, 0) is 28.5 Å². The molecule has 1 aliphatic rings. The molecule has 1 aliphatic heterocycles. The number of carbonyl (C=O) groups is 1. The molecule has 0 saturated carbocycles. The number of benzene rings is 2. The number of hydrogen-bond acceptors (Lipinski definition) is 6. The Bertz CT molecular complexity index is 913. The molecule has 4 rings (SSSR count).